The zero-order valence-electron chi connectivity index (χ0n) is 14.5. The molecule has 3 amide bonds. The molecule has 0 spiro atoms. The van der Waals surface area contributed by atoms with Crippen molar-refractivity contribution in [2.45, 2.75) is 38.3 Å². The first-order valence-corrected chi connectivity index (χ1v) is 9.38. The fourth-order valence-electron chi connectivity index (χ4n) is 2.99. The highest BCUT2D eigenvalue weighted by Crippen LogP contribution is 2.23. The first-order chi connectivity index (χ1) is 12.9. The molecule has 142 valence electrons. The Hall–Kier alpha value is -2.81. The van der Waals surface area contributed by atoms with E-state index in [2.05, 4.69) is 10.3 Å². The molecule has 1 aliphatic rings. The van der Waals surface area contributed by atoms with Gasteiger partial charge >= 0.3 is 0 Å². The summed E-state index contributed by atoms with van der Waals surface area (Å²) in [4.78, 5) is 41.7. The topological polar surface area (TPSA) is 105 Å². The number of rotatable bonds is 6. The molecule has 1 fully saturated rings. The first-order valence-electron chi connectivity index (χ1n) is 8.50. The largest absolute Gasteiger partial charge is 0.369 e. The number of benzene rings is 1. The number of carbonyl (C=O) groups is 3. The first kappa shape index (κ1) is 19.0. The number of amides is 3. The molecule has 2 heterocycles. The number of piperidine rings is 1. The summed E-state index contributed by atoms with van der Waals surface area (Å²) in [5.74, 6) is -1.29. The van der Waals surface area contributed by atoms with Crippen molar-refractivity contribution >= 4 is 34.2 Å². The molecule has 0 bridgehead atoms. The van der Waals surface area contributed by atoms with E-state index in [9.17, 15) is 18.8 Å². The molecule has 1 aliphatic heterocycles. The summed E-state index contributed by atoms with van der Waals surface area (Å²) < 4.78 is 13.1. The number of nitrogens with zero attached hydrogens (tertiary/aromatic N) is 2. The molecule has 1 atom stereocenters. The molecule has 9 heteroatoms. The second-order valence-electron chi connectivity index (χ2n) is 6.33. The van der Waals surface area contributed by atoms with E-state index < -0.39 is 11.9 Å². The van der Waals surface area contributed by atoms with E-state index >= 15 is 0 Å². The summed E-state index contributed by atoms with van der Waals surface area (Å²) in [6.07, 6.45) is 1.55. The highest BCUT2D eigenvalue weighted by atomic mass is 32.1. The fraction of sp³-hybridized carbons (Fsp3) is 0.333. The number of likely N-dealkylation sites (tertiary alicyclic amines) is 1. The van der Waals surface area contributed by atoms with E-state index in [0.717, 1.165) is 5.56 Å². The molecule has 1 saturated heterocycles. The van der Waals surface area contributed by atoms with Crippen molar-refractivity contribution in [1.29, 1.82) is 0 Å². The molecule has 1 unspecified atom stereocenters. The molecule has 0 saturated carbocycles. The third-order valence-corrected chi connectivity index (χ3v) is 5.08. The molecule has 0 radical (unpaired) electrons. The SMILES string of the molecule is NC(=O)Cc1csc(NC(=O)C2CCCC(=O)N2Cc2ccc(F)cc2)n1. The van der Waals surface area contributed by atoms with Crippen LogP contribution in [0.15, 0.2) is 29.6 Å². The molecule has 2 aromatic rings. The normalized spacial score (nSPS) is 17.0. The number of halogens is 1. The van der Waals surface area contributed by atoms with Crippen LogP contribution in [0.25, 0.3) is 0 Å². The molecule has 1 aromatic heterocycles. The summed E-state index contributed by atoms with van der Waals surface area (Å²) >= 11 is 1.20. The molecule has 3 N–H and O–H groups in total. The lowest BCUT2D eigenvalue weighted by atomic mass is 9.99. The number of hydrogen-bond acceptors (Lipinski definition) is 5. The molecule has 27 heavy (non-hydrogen) atoms. The predicted octanol–water partition coefficient (Wildman–Crippen LogP) is 1.83. The maximum absolute atomic E-state index is 13.1. The van der Waals surface area contributed by atoms with Crippen LogP contribution in [0.2, 0.25) is 0 Å². The minimum atomic E-state index is -0.625. The Kier molecular flexibility index (Phi) is 5.80. The van der Waals surface area contributed by atoms with Crippen LogP contribution in [0.1, 0.15) is 30.5 Å². The number of nitrogens with two attached hydrogens (primary N) is 1. The third kappa shape index (κ3) is 4.88. The minimum absolute atomic E-state index is 0.00494. The van der Waals surface area contributed by atoms with Gasteiger partial charge in [-0.2, -0.15) is 0 Å². The average molecular weight is 390 g/mol. The molecule has 0 aliphatic carbocycles. The van der Waals surface area contributed by atoms with Gasteiger partial charge in [0.25, 0.3) is 0 Å². The maximum atomic E-state index is 13.1. The lowest BCUT2D eigenvalue weighted by molar-refractivity contribution is -0.142. The lowest BCUT2D eigenvalue weighted by Crippen LogP contribution is -2.49. The van der Waals surface area contributed by atoms with Crippen molar-refractivity contribution in [1.82, 2.24) is 9.88 Å². The van der Waals surface area contributed by atoms with E-state index in [1.54, 1.807) is 17.5 Å². The smallest absolute Gasteiger partial charge is 0.248 e. The van der Waals surface area contributed by atoms with Crippen LogP contribution in [0.4, 0.5) is 9.52 Å². The van der Waals surface area contributed by atoms with E-state index in [4.69, 9.17) is 5.73 Å². The van der Waals surface area contributed by atoms with E-state index in [0.29, 0.717) is 30.1 Å². The second-order valence-corrected chi connectivity index (χ2v) is 7.19. The van der Waals surface area contributed by atoms with Gasteiger partial charge in [0.15, 0.2) is 5.13 Å². The van der Waals surface area contributed by atoms with Crippen molar-refractivity contribution < 1.29 is 18.8 Å². The van der Waals surface area contributed by atoms with Crippen LogP contribution in [-0.4, -0.2) is 33.6 Å². The van der Waals surface area contributed by atoms with Crippen LogP contribution >= 0.6 is 11.3 Å². The number of anilines is 1. The molecular formula is C18H19FN4O3S. The average Bonchev–Trinajstić information content (AvgIpc) is 3.04. The van der Waals surface area contributed by atoms with Gasteiger partial charge in [-0.25, -0.2) is 9.37 Å². The van der Waals surface area contributed by atoms with E-state index in [1.165, 1.54) is 28.4 Å². The summed E-state index contributed by atoms with van der Waals surface area (Å²) in [6, 6.07) is 5.23. The van der Waals surface area contributed by atoms with Gasteiger partial charge < -0.3 is 16.0 Å². The Labute approximate surface area is 159 Å². The Morgan fingerprint density at radius 2 is 2.07 bits per heavy atom. The van der Waals surface area contributed by atoms with Gasteiger partial charge in [-0.1, -0.05) is 12.1 Å². The van der Waals surface area contributed by atoms with Gasteiger partial charge in [0.05, 0.1) is 12.1 Å². The Bertz CT molecular complexity index is 853. The van der Waals surface area contributed by atoms with E-state index in [1.807, 2.05) is 0 Å². The molecule has 3 rings (SSSR count). The zero-order chi connectivity index (χ0) is 19.4. The lowest BCUT2D eigenvalue weighted by Gasteiger charge is -2.34. The van der Waals surface area contributed by atoms with Gasteiger partial charge in [-0.3, -0.25) is 14.4 Å². The summed E-state index contributed by atoms with van der Waals surface area (Å²) in [6.45, 7) is 0.238. The van der Waals surface area contributed by atoms with Crippen LogP contribution < -0.4 is 11.1 Å². The Morgan fingerprint density at radius 1 is 1.33 bits per heavy atom. The number of hydrogen-bond donors (Lipinski definition) is 2. The summed E-state index contributed by atoms with van der Waals surface area (Å²) in [5.41, 5.74) is 6.38. The van der Waals surface area contributed by atoms with Crippen molar-refractivity contribution in [2.75, 3.05) is 5.32 Å². The maximum Gasteiger partial charge on any atom is 0.248 e. The van der Waals surface area contributed by atoms with Crippen LogP contribution in [-0.2, 0) is 27.3 Å². The number of aromatic nitrogens is 1. The van der Waals surface area contributed by atoms with E-state index in [-0.39, 0.29) is 30.6 Å². The number of thiazole rings is 1. The number of nitrogens with one attached hydrogen (secondary N) is 1. The molecule has 7 nitrogen and oxygen atoms in total. The highest BCUT2D eigenvalue weighted by molar-refractivity contribution is 7.13. The van der Waals surface area contributed by atoms with Gasteiger partial charge in [0, 0.05) is 18.3 Å². The van der Waals surface area contributed by atoms with Gasteiger partial charge in [0.1, 0.15) is 11.9 Å². The molecule has 1 aromatic carbocycles. The third-order valence-electron chi connectivity index (χ3n) is 4.27. The monoisotopic (exact) mass is 390 g/mol. The summed E-state index contributed by atoms with van der Waals surface area (Å²) in [7, 11) is 0. The van der Waals surface area contributed by atoms with Crippen molar-refractivity contribution in [2.24, 2.45) is 5.73 Å². The minimum Gasteiger partial charge on any atom is -0.369 e. The Morgan fingerprint density at radius 3 is 2.78 bits per heavy atom. The second kappa shape index (κ2) is 8.26. The zero-order valence-corrected chi connectivity index (χ0v) is 15.3. The van der Waals surface area contributed by atoms with Gasteiger partial charge in [-0.05, 0) is 30.5 Å². The van der Waals surface area contributed by atoms with Crippen LogP contribution in [0.5, 0.6) is 0 Å². The fourth-order valence-corrected chi connectivity index (χ4v) is 3.70. The summed E-state index contributed by atoms with van der Waals surface area (Å²) in [5, 5.41) is 4.73. The predicted molar refractivity (Wildman–Crippen MR) is 98.2 cm³/mol. The quantitative estimate of drug-likeness (QED) is 0.785. The number of carbonyl (C=O) groups excluding carboxylic acids is 3. The Balaban J connectivity index is 1.70. The molecular weight excluding hydrogens is 371 g/mol. The van der Waals surface area contributed by atoms with Gasteiger partial charge in [-0.15, -0.1) is 11.3 Å². The highest BCUT2D eigenvalue weighted by Gasteiger charge is 2.33. The van der Waals surface area contributed by atoms with Gasteiger partial charge in [0.2, 0.25) is 17.7 Å². The van der Waals surface area contributed by atoms with Crippen molar-refractivity contribution in [3.8, 4) is 0 Å². The van der Waals surface area contributed by atoms with Crippen LogP contribution in [0.3, 0.4) is 0 Å². The van der Waals surface area contributed by atoms with Crippen molar-refractivity contribution in [3.05, 3.63) is 46.7 Å². The number of primary amides is 1. The van der Waals surface area contributed by atoms with Crippen LogP contribution in [0, 0.1) is 5.82 Å². The standard InChI is InChI=1S/C18H19FN4O3S/c19-12-6-4-11(5-7-12)9-23-14(2-1-3-16(23)25)17(26)22-18-21-13(10-27-18)8-15(20)24/h4-7,10,14H,1-3,8-9H2,(H2,20,24)(H,21,22,26). The van der Waals surface area contributed by atoms with Crippen molar-refractivity contribution in [3.63, 3.8) is 0 Å².